The number of aryl methyl sites for hydroxylation is 2. The predicted octanol–water partition coefficient (Wildman–Crippen LogP) is 3.37. The minimum Gasteiger partial charge on any atom is -0.295 e. The minimum absolute atomic E-state index is 0.0135. The molecule has 0 aromatic carbocycles. The SMILES string of the molecule is Cc1ncc(C2=CCC3C(=C2)N(c2cnc(C)c(N4CCCC4=O)n2)C(=O)C3(C)C)cn1. The van der Waals surface area contributed by atoms with Crippen molar-refractivity contribution >= 4 is 29.0 Å². The molecule has 1 aliphatic carbocycles. The Labute approximate surface area is 187 Å². The Balaban J connectivity index is 1.58. The molecule has 0 bridgehead atoms. The summed E-state index contributed by atoms with van der Waals surface area (Å²) in [5.41, 5.74) is 2.91. The summed E-state index contributed by atoms with van der Waals surface area (Å²) < 4.78 is 0. The molecule has 3 aliphatic rings. The molecule has 0 N–H and O–H groups in total. The van der Waals surface area contributed by atoms with Crippen LogP contribution in [0.15, 0.2) is 36.4 Å². The first kappa shape index (κ1) is 20.5. The lowest BCUT2D eigenvalue weighted by Crippen LogP contribution is -2.33. The molecule has 0 saturated carbocycles. The molecule has 8 heteroatoms. The van der Waals surface area contributed by atoms with Gasteiger partial charge >= 0.3 is 0 Å². The number of hydrogen-bond acceptors (Lipinski definition) is 6. The summed E-state index contributed by atoms with van der Waals surface area (Å²) in [5.74, 6) is 1.78. The van der Waals surface area contributed by atoms with Crippen LogP contribution in [-0.4, -0.2) is 38.3 Å². The fraction of sp³-hybridized carbons (Fsp3) is 0.417. The normalized spacial score (nSPS) is 22.2. The summed E-state index contributed by atoms with van der Waals surface area (Å²) >= 11 is 0. The van der Waals surface area contributed by atoms with Gasteiger partial charge in [-0.25, -0.2) is 15.0 Å². The number of carbonyl (C=O) groups excluding carboxylic acids is 2. The molecule has 1 atom stereocenters. The molecule has 0 radical (unpaired) electrons. The van der Waals surface area contributed by atoms with E-state index < -0.39 is 5.41 Å². The van der Waals surface area contributed by atoms with Gasteiger partial charge in [0.2, 0.25) is 11.8 Å². The minimum atomic E-state index is -0.576. The van der Waals surface area contributed by atoms with Crippen molar-refractivity contribution in [3.05, 3.63) is 53.5 Å². The van der Waals surface area contributed by atoms with Crippen molar-refractivity contribution in [1.82, 2.24) is 19.9 Å². The quantitative estimate of drug-likeness (QED) is 0.741. The summed E-state index contributed by atoms with van der Waals surface area (Å²) in [6.45, 7) is 8.28. The van der Waals surface area contributed by atoms with Crippen LogP contribution in [0, 0.1) is 25.2 Å². The summed E-state index contributed by atoms with van der Waals surface area (Å²) in [5, 5.41) is 0. The molecule has 8 nitrogen and oxygen atoms in total. The summed E-state index contributed by atoms with van der Waals surface area (Å²) in [7, 11) is 0. The Kier molecular flexibility index (Phi) is 4.69. The molecule has 1 unspecified atom stereocenters. The van der Waals surface area contributed by atoms with Crippen LogP contribution < -0.4 is 9.80 Å². The molecule has 2 aromatic rings. The first-order valence-electron chi connectivity index (χ1n) is 11.0. The van der Waals surface area contributed by atoms with Gasteiger partial charge in [0.25, 0.3) is 0 Å². The fourth-order valence-electron chi connectivity index (χ4n) is 4.77. The van der Waals surface area contributed by atoms with E-state index in [2.05, 4.69) is 21.0 Å². The zero-order valence-corrected chi connectivity index (χ0v) is 18.8. The number of carbonyl (C=O) groups is 2. The van der Waals surface area contributed by atoms with Gasteiger partial charge in [-0.05, 0) is 38.3 Å². The number of nitrogens with zero attached hydrogens (tertiary/aromatic N) is 6. The zero-order chi connectivity index (χ0) is 22.6. The molecular weight excluding hydrogens is 404 g/mol. The maximum absolute atomic E-state index is 13.6. The molecule has 2 fully saturated rings. The van der Waals surface area contributed by atoms with Crippen LogP contribution in [0.5, 0.6) is 0 Å². The topological polar surface area (TPSA) is 92.2 Å². The highest BCUT2D eigenvalue weighted by Gasteiger charge is 2.52. The van der Waals surface area contributed by atoms with Gasteiger partial charge in [-0.1, -0.05) is 19.9 Å². The van der Waals surface area contributed by atoms with Crippen molar-refractivity contribution in [3.63, 3.8) is 0 Å². The van der Waals surface area contributed by atoms with Crippen LogP contribution in [0.4, 0.5) is 11.6 Å². The van der Waals surface area contributed by atoms with E-state index in [1.165, 1.54) is 0 Å². The van der Waals surface area contributed by atoms with Gasteiger partial charge in [-0.15, -0.1) is 0 Å². The molecular formula is C24H26N6O2. The first-order chi connectivity index (χ1) is 15.3. The molecule has 2 aliphatic heterocycles. The highest BCUT2D eigenvalue weighted by atomic mass is 16.2. The van der Waals surface area contributed by atoms with Crippen LogP contribution in [0.1, 0.15) is 50.2 Å². The number of amides is 2. The summed E-state index contributed by atoms with van der Waals surface area (Å²) in [4.78, 5) is 47.1. The highest BCUT2D eigenvalue weighted by molar-refractivity contribution is 6.04. The standard InChI is InChI=1S/C24H26N6O2/c1-14-22(29-9-5-6-21(29)31)28-20(13-25-14)30-19-10-16(17-11-26-15(2)27-12-17)7-8-18(19)24(3,4)23(30)32/h7,10-13,18H,5-6,8-9H2,1-4H3. The van der Waals surface area contributed by atoms with Crippen LogP contribution >= 0.6 is 0 Å². The van der Waals surface area contributed by atoms with Crippen molar-refractivity contribution < 1.29 is 9.59 Å². The third-order valence-corrected chi connectivity index (χ3v) is 6.71. The monoisotopic (exact) mass is 430 g/mol. The first-order valence-corrected chi connectivity index (χ1v) is 11.0. The average Bonchev–Trinajstić information content (AvgIpc) is 3.28. The van der Waals surface area contributed by atoms with E-state index in [0.717, 1.165) is 29.7 Å². The lowest BCUT2D eigenvalue weighted by Gasteiger charge is -2.26. The summed E-state index contributed by atoms with van der Waals surface area (Å²) in [6.07, 6.45) is 11.5. The highest BCUT2D eigenvalue weighted by Crippen LogP contribution is 2.50. The van der Waals surface area contributed by atoms with Gasteiger partial charge in [0.05, 0.1) is 17.3 Å². The third-order valence-electron chi connectivity index (χ3n) is 6.71. The zero-order valence-electron chi connectivity index (χ0n) is 18.8. The Bertz CT molecular complexity index is 1180. The van der Waals surface area contributed by atoms with Gasteiger partial charge in [-0.3, -0.25) is 24.4 Å². The number of rotatable bonds is 3. The molecule has 5 rings (SSSR count). The molecule has 4 heterocycles. The second-order valence-corrected chi connectivity index (χ2v) is 9.18. The largest absolute Gasteiger partial charge is 0.295 e. The van der Waals surface area contributed by atoms with E-state index in [-0.39, 0.29) is 17.7 Å². The predicted molar refractivity (Wildman–Crippen MR) is 121 cm³/mol. The molecule has 2 amide bonds. The van der Waals surface area contributed by atoms with E-state index in [1.807, 2.05) is 33.8 Å². The maximum Gasteiger partial charge on any atom is 0.238 e. The van der Waals surface area contributed by atoms with E-state index in [9.17, 15) is 9.59 Å². The van der Waals surface area contributed by atoms with Crippen LogP contribution in [0.25, 0.3) is 5.57 Å². The van der Waals surface area contributed by atoms with E-state index in [0.29, 0.717) is 36.1 Å². The van der Waals surface area contributed by atoms with Crippen molar-refractivity contribution in [2.24, 2.45) is 11.3 Å². The Morgan fingerprint density at radius 1 is 1.06 bits per heavy atom. The van der Waals surface area contributed by atoms with Crippen molar-refractivity contribution in [1.29, 1.82) is 0 Å². The number of hydrogen-bond donors (Lipinski definition) is 0. The van der Waals surface area contributed by atoms with Crippen LogP contribution in [-0.2, 0) is 9.59 Å². The molecule has 2 saturated heterocycles. The van der Waals surface area contributed by atoms with Crippen molar-refractivity contribution in [3.8, 4) is 0 Å². The molecule has 0 spiro atoms. The Morgan fingerprint density at radius 3 is 2.50 bits per heavy atom. The lowest BCUT2D eigenvalue weighted by molar-refractivity contribution is -0.125. The van der Waals surface area contributed by atoms with Crippen molar-refractivity contribution in [2.45, 2.75) is 47.0 Å². The lowest BCUT2D eigenvalue weighted by atomic mass is 9.75. The van der Waals surface area contributed by atoms with E-state index >= 15 is 0 Å². The second-order valence-electron chi connectivity index (χ2n) is 9.18. The average molecular weight is 431 g/mol. The summed E-state index contributed by atoms with van der Waals surface area (Å²) in [6, 6.07) is 0. The third kappa shape index (κ3) is 3.13. The van der Waals surface area contributed by atoms with Gasteiger partial charge in [0.15, 0.2) is 11.6 Å². The number of anilines is 2. The maximum atomic E-state index is 13.6. The number of fused-ring (bicyclic) bond motifs is 1. The van der Waals surface area contributed by atoms with E-state index in [1.54, 1.807) is 28.4 Å². The van der Waals surface area contributed by atoms with Gasteiger partial charge < -0.3 is 0 Å². The fourth-order valence-corrected chi connectivity index (χ4v) is 4.77. The van der Waals surface area contributed by atoms with Gasteiger partial charge in [0, 0.05) is 42.5 Å². The van der Waals surface area contributed by atoms with Crippen LogP contribution in [0.3, 0.4) is 0 Å². The second kappa shape index (κ2) is 7.32. The smallest absolute Gasteiger partial charge is 0.238 e. The van der Waals surface area contributed by atoms with E-state index in [4.69, 9.17) is 4.98 Å². The van der Waals surface area contributed by atoms with Gasteiger partial charge in [0.1, 0.15) is 5.82 Å². The van der Waals surface area contributed by atoms with Crippen molar-refractivity contribution in [2.75, 3.05) is 16.3 Å². The number of aromatic nitrogens is 4. The molecule has 2 aromatic heterocycles. The molecule has 164 valence electrons. The Hall–Kier alpha value is -3.42. The Morgan fingerprint density at radius 2 is 1.81 bits per heavy atom. The number of allylic oxidation sites excluding steroid dienone is 4. The van der Waals surface area contributed by atoms with Gasteiger partial charge in [-0.2, -0.15) is 0 Å². The van der Waals surface area contributed by atoms with Crippen LogP contribution in [0.2, 0.25) is 0 Å². The molecule has 32 heavy (non-hydrogen) atoms.